The van der Waals surface area contributed by atoms with E-state index in [1.807, 2.05) is 17.5 Å². The Morgan fingerprint density at radius 1 is 1.38 bits per heavy atom. The van der Waals surface area contributed by atoms with E-state index in [0.717, 1.165) is 21.9 Å². The van der Waals surface area contributed by atoms with Crippen LogP contribution in [0.1, 0.15) is 27.7 Å². The largest absolute Gasteiger partial charge is 0.496 e. The van der Waals surface area contributed by atoms with Gasteiger partial charge in [-0.15, -0.1) is 22.7 Å². The molecule has 0 saturated heterocycles. The molecule has 1 N–H and O–H groups in total. The molecule has 0 amide bonds. The Morgan fingerprint density at radius 2 is 2.19 bits per heavy atom. The molecule has 2 aromatic rings. The van der Waals surface area contributed by atoms with Gasteiger partial charge in [-0.05, 0) is 24.6 Å². The van der Waals surface area contributed by atoms with Crippen molar-refractivity contribution in [3.63, 3.8) is 0 Å². The third-order valence-electron chi connectivity index (χ3n) is 2.40. The van der Waals surface area contributed by atoms with Gasteiger partial charge in [0.15, 0.2) is 0 Å². The number of hydrogen-bond donors (Lipinski definition) is 1. The zero-order chi connectivity index (χ0) is 11.5. The number of ether oxygens (including phenoxy) is 1. The molecule has 0 aromatic carbocycles. The van der Waals surface area contributed by atoms with E-state index in [-0.39, 0.29) is 0 Å². The molecular weight excluding hydrogens is 240 g/mol. The molecule has 0 spiro atoms. The maximum Gasteiger partial charge on any atom is 0.129 e. The van der Waals surface area contributed by atoms with Crippen molar-refractivity contribution in [1.82, 2.24) is 0 Å². The van der Waals surface area contributed by atoms with Gasteiger partial charge in [-0.1, -0.05) is 6.92 Å². The molecule has 0 fully saturated rings. The van der Waals surface area contributed by atoms with Crippen LogP contribution in [-0.2, 0) is 6.42 Å². The van der Waals surface area contributed by atoms with Crippen LogP contribution in [0, 0.1) is 0 Å². The molecule has 0 radical (unpaired) electrons. The Hall–Kier alpha value is -0.840. The Labute approximate surface area is 103 Å². The van der Waals surface area contributed by atoms with E-state index in [9.17, 15) is 5.11 Å². The van der Waals surface area contributed by atoms with Gasteiger partial charge >= 0.3 is 0 Å². The SMILES string of the molecule is CCc1ccc(C(O)c2cc(OC)cs2)s1. The smallest absolute Gasteiger partial charge is 0.129 e. The first-order chi connectivity index (χ1) is 7.74. The van der Waals surface area contributed by atoms with Crippen LogP contribution in [-0.4, -0.2) is 12.2 Å². The first kappa shape index (κ1) is 11.6. The highest BCUT2D eigenvalue weighted by Crippen LogP contribution is 2.34. The Kier molecular flexibility index (Phi) is 3.63. The quantitative estimate of drug-likeness (QED) is 0.905. The van der Waals surface area contributed by atoms with Crippen LogP contribution in [0.25, 0.3) is 0 Å². The van der Waals surface area contributed by atoms with E-state index in [0.29, 0.717) is 0 Å². The molecule has 2 heterocycles. The summed E-state index contributed by atoms with van der Waals surface area (Å²) in [6.45, 7) is 2.12. The normalized spacial score (nSPS) is 12.7. The lowest BCUT2D eigenvalue weighted by molar-refractivity contribution is 0.227. The van der Waals surface area contributed by atoms with Crippen LogP contribution in [0.5, 0.6) is 5.75 Å². The molecule has 0 aliphatic carbocycles. The topological polar surface area (TPSA) is 29.5 Å². The first-order valence-corrected chi connectivity index (χ1v) is 6.83. The van der Waals surface area contributed by atoms with Crippen molar-refractivity contribution < 1.29 is 9.84 Å². The summed E-state index contributed by atoms with van der Waals surface area (Å²) in [5.74, 6) is 0.811. The fraction of sp³-hybridized carbons (Fsp3) is 0.333. The molecule has 0 aliphatic heterocycles. The predicted molar refractivity (Wildman–Crippen MR) is 68.6 cm³/mol. The molecule has 0 bridgehead atoms. The summed E-state index contributed by atoms with van der Waals surface area (Å²) in [7, 11) is 1.64. The van der Waals surface area contributed by atoms with Gasteiger partial charge in [-0.3, -0.25) is 0 Å². The molecule has 2 rings (SSSR count). The Balaban J connectivity index is 2.20. The number of thiophene rings is 2. The highest BCUT2D eigenvalue weighted by Gasteiger charge is 2.15. The third-order valence-corrected chi connectivity index (χ3v) is 4.65. The van der Waals surface area contributed by atoms with Crippen molar-refractivity contribution in [3.05, 3.63) is 38.2 Å². The second-order valence-electron chi connectivity index (χ2n) is 3.45. The molecule has 2 nitrogen and oxygen atoms in total. The summed E-state index contributed by atoms with van der Waals surface area (Å²) in [5, 5.41) is 12.1. The summed E-state index contributed by atoms with van der Waals surface area (Å²) < 4.78 is 5.11. The minimum atomic E-state index is -0.515. The van der Waals surface area contributed by atoms with Gasteiger partial charge in [-0.2, -0.15) is 0 Å². The zero-order valence-corrected chi connectivity index (χ0v) is 10.9. The molecular formula is C12H14O2S2. The number of methoxy groups -OCH3 is 1. The van der Waals surface area contributed by atoms with Crippen LogP contribution < -0.4 is 4.74 Å². The van der Waals surface area contributed by atoms with Crippen molar-refractivity contribution in [2.24, 2.45) is 0 Å². The van der Waals surface area contributed by atoms with Crippen molar-refractivity contribution >= 4 is 22.7 Å². The molecule has 0 saturated carbocycles. The van der Waals surface area contributed by atoms with E-state index < -0.39 is 6.10 Å². The average molecular weight is 254 g/mol. The summed E-state index contributed by atoms with van der Waals surface area (Å²) in [4.78, 5) is 3.24. The second kappa shape index (κ2) is 4.99. The minimum absolute atomic E-state index is 0.515. The Morgan fingerprint density at radius 3 is 2.75 bits per heavy atom. The van der Waals surface area contributed by atoms with Gasteiger partial charge in [0, 0.05) is 20.0 Å². The third kappa shape index (κ3) is 2.29. The van der Waals surface area contributed by atoms with Crippen LogP contribution in [0.15, 0.2) is 23.6 Å². The second-order valence-corrected chi connectivity index (χ2v) is 5.59. The van der Waals surface area contributed by atoms with Gasteiger partial charge in [0.25, 0.3) is 0 Å². The number of hydrogen-bond acceptors (Lipinski definition) is 4. The number of rotatable bonds is 4. The lowest BCUT2D eigenvalue weighted by Gasteiger charge is -2.04. The zero-order valence-electron chi connectivity index (χ0n) is 9.27. The van der Waals surface area contributed by atoms with Crippen LogP contribution in [0.2, 0.25) is 0 Å². The number of aliphatic hydroxyl groups excluding tert-OH is 1. The predicted octanol–water partition coefficient (Wildman–Crippen LogP) is 3.46. The lowest BCUT2D eigenvalue weighted by Crippen LogP contribution is -1.92. The van der Waals surface area contributed by atoms with Crippen molar-refractivity contribution in [2.45, 2.75) is 19.4 Å². The summed E-state index contributed by atoms with van der Waals surface area (Å²) in [6.07, 6.45) is 0.504. The highest BCUT2D eigenvalue weighted by atomic mass is 32.1. The van der Waals surface area contributed by atoms with Crippen LogP contribution in [0.3, 0.4) is 0 Å². The van der Waals surface area contributed by atoms with Crippen molar-refractivity contribution in [3.8, 4) is 5.75 Å². The van der Waals surface area contributed by atoms with Gasteiger partial charge in [-0.25, -0.2) is 0 Å². The monoisotopic (exact) mass is 254 g/mol. The Bertz CT molecular complexity index is 417. The van der Waals surface area contributed by atoms with Crippen molar-refractivity contribution in [2.75, 3.05) is 7.11 Å². The fourth-order valence-electron chi connectivity index (χ4n) is 1.46. The van der Waals surface area contributed by atoms with Gasteiger partial charge in [0.1, 0.15) is 11.9 Å². The molecule has 1 unspecified atom stereocenters. The molecule has 1 atom stereocenters. The molecule has 2 aromatic heterocycles. The van der Waals surface area contributed by atoms with Crippen LogP contribution >= 0.6 is 22.7 Å². The van der Waals surface area contributed by atoms with E-state index in [2.05, 4.69) is 13.0 Å². The summed E-state index contributed by atoms with van der Waals surface area (Å²) in [6, 6.07) is 5.97. The fourth-order valence-corrected chi connectivity index (χ4v) is 3.35. The van der Waals surface area contributed by atoms with Crippen LogP contribution in [0.4, 0.5) is 0 Å². The van der Waals surface area contributed by atoms with Gasteiger partial charge in [0.05, 0.1) is 7.11 Å². The van der Waals surface area contributed by atoms with Gasteiger partial charge < -0.3 is 9.84 Å². The van der Waals surface area contributed by atoms with E-state index >= 15 is 0 Å². The highest BCUT2D eigenvalue weighted by molar-refractivity contribution is 7.13. The molecule has 4 heteroatoms. The van der Waals surface area contributed by atoms with E-state index in [1.54, 1.807) is 18.4 Å². The number of aliphatic hydroxyl groups is 1. The van der Waals surface area contributed by atoms with E-state index in [4.69, 9.17) is 4.74 Å². The maximum atomic E-state index is 10.2. The maximum absolute atomic E-state index is 10.2. The lowest BCUT2D eigenvalue weighted by atomic mass is 10.2. The van der Waals surface area contributed by atoms with Gasteiger partial charge in [0.2, 0.25) is 0 Å². The molecule has 86 valence electrons. The average Bonchev–Trinajstić information content (AvgIpc) is 2.97. The van der Waals surface area contributed by atoms with E-state index in [1.165, 1.54) is 16.2 Å². The number of aryl methyl sites for hydroxylation is 1. The first-order valence-electron chi connectivity index (χ1n) is 5.13. The minimum Gasteiger partial charge on any atom is -0.496 e. The summed E-state index contributed by atoms with van der Waals surface area (Å²) in [5.41, 5.74) is 0. The molecule has 0 aliphatic rings. The standard InChI is InChI=1S/C12H14O2S2/c1-3-9-4-5-10(16-9)12(13)11-6-8(14-2)7-15-11/h4-7,12-13H,3H2,1-2H3. The van der Waals surface area contributed by atoms with Crippen molar-refractivity contribution in [1.29, 1.82) is 0 Å². The summed E-state index contributed by atoms with van der Waals surface area (Å²) >= 11 is 3.19. The molecule has 16 heavy (non-hydrogen) atoms.